The summed E-state index contributed by atoms with van der Waals surface area (Å²) >= 11 is 0. The second kappa shape index (κ2) is 2.49. The van der Waals surface area contributed by atoms with Crippen molar-refractivity contribution in [3.63, 3.8) is 0 Å². The van der Waals surface area contributed by atoms with Crippen molar-refractivity contribution in [1.82, 2.24) is 9.97 Å². The Bertz CT molecular complexity index is 233. The molecule has 0 bridgehead atoms. The first kappa shape index (κ1) is 6.76. The summed E-state index contributed by atoms with van der Waals surface area (Å²) in [5, 5.41) is 0. The van der Waals surface area contributed by atoms with Crippen LogP contribution in [0.2, 0.25) is 0 Å². The van der Waals surface area contributed by atoms with Crippen LogP contribution in [0.3, 0.4) is 0 Å². The largest absolute Gasteiger partial charge is 0.394 e. The van der Waals surface area contributed by atoms with E-state index in [4.69, 9.17) is 11.6 Å². The zero-order chi connectivity index (χ0) is 7.56. The fourth-order valence-corrected chi connectivity index (χ4v) is 0.595. The summed E-state index contributed by atoms with van der Waals surface area (Å²) in [6.45, 7) is 1.76. The molecular weight excluding hydrogens is 130 g/mol. The summed E-state index contributed by atoms with van der Waals surface area (Å²) < 4.78 is 0. The molecule has 0 saturated heterocycles. The molecule has 54 valence electrons. The van der Waals surface area contributed by atoms with E-state index in [0.29, 0.717) is 17.3 Å². The number of nitrogen functional groups attached to an aromatic ring is 2. The van der Waals surface area contributed by atoms with Gasteiger partial charge in [0.15, 0.2) is 5.82 Å². The van der Waals surface area contributed by atoms with Gasteiger partial charge in [-0.25, -0.2) is 15.8 Å². The third-order valence-corrected chi connectivity index (χ3v) is 1.07. The van der Waals surface area contributed by atoms with E-state index in [9.17, 15) is 0 Å². The quantitative estimate of drug-likeness (QED) is 0.365. The van der Waals surface area contributed by atoms with Gasteiger partial charge < -0.3 is 11.2 Å². The maximum atomic E-state index is 5.43. The minimum Gasteiger partial charge on any atom is -0.394 e. The second-order valence-electron chi connectivity index (χ2n) is 1.87. The molecule has 1 heterocycles. The van der Waals surface area contributed by atoms with Crippen LogP contribution in [0.4, 0.5) is 11.5 Å². The molecule has 0 aromatic carbocycles. The molecule has 1 rings (SSSR count). The fraction of sp³-hybridized carbons (Fsp3) is 0.200. The number of aryl methyl sites for hydroxylation is 1. The number of aromatic nitrogens is 2. The van der Waals surface area contributed by atoms with Crippen LogP contribution in [-0.4, -0.2) is 9.97 Å². The lowest BCUT2D eigenvalue weighted by molar-refractivity contribution is 1.05. The number of nitrogens with two attached hydrogens (primary N) is 2. The smallest absolute Gasteiger partial charge is 0.166 e. The van der Waals surface area contributed by atoms with E-state index < -0.39 is 0 Å². The van der Waals surface area contributed by atoms with Gasteiger partial charge in [0.05, 0.1) is 11.9 Å². The first-order chi connectivity index (χ1) is 4.74. The molecule has 0 aliphatic rings. The maximum Gasteiger partial charge on any atom is 0.166 e. The van der Waals surface area contributed by atoms with Crippen LogP contribution in [0.25, 0.3) is 0 Å². The van der Waals surface area contributed by atoms with Gasteiger partial charge in [0.1, 0.15) is 5.82 Å². The van der Waals surface area contributed by atoms with Crippen LogP contribution in [0.15, 0.2) is 6.20 Å². The predicted octanol–water partition coefficient (Wildman–Crippen LogP) is -0.347. The lowest BCUT2D eigenvalue weighted by atomic mass is 10.5. The van der Waals surface area contributed by atoms with Crippen LogP contribution in [-0.2, 0) is 0 Å². The van der Waals surface area contributed by atoms with Crippen LogP contribution in [0.1, 0.15) is 5.82 Å². The van der Waals surface area contributed by atoms with Gasteiger partial charge in [-0.05, 0) is 6.92 Å². The molecule has 0 saturated carbocycles. The second-order valence-corrected chi connectivity index (χ2v) is 1.87. The minimum atomic E-state index is 0.452. The van der Waals surface area contributed by atoms with Gasteiger partial charge in [0, 0.05) is 0 Å². The number of rotatable bonds is 1. The van der Waals surface area contributed by atoms with E-state index >= 15 is 0 Å². The third-order valence-electron chi connectivity index (χ3n) is 1.07. The lowest BCUT2D eigenvalue weighted by Crippen LogP contribution is -2.11. The normalized spacial score (nSPS) is 9.40. The Hall–Kier alpha value is -1.36. The van der Waals surface area contributed by atoms with Gasteiger partial charge >= 0.3 is 0 Å². The van der Waals surface area contributed by atoms with Crippen LogP contribution in [0.5, 0.6) is 0 Å². The molecule has 1 aromatic heterocycles. The van der Waals surface area contributed by atoms with Crippen molar-refractivity contribution in [2.45, 2.75) is 6.92 Å². The number of hydrazine groups is 1. The summed E-state index contributed by atoms with van der Waals surface area (Å²) in [5.41, 5.74) is 8.24. The Morgan fingerprint density at radius 3 is 2.80 bits per heavy atom. The highest BCUT2D eigenvalue weighted by Gasteiger charge is 1.97. The topological polar surface area (TPSA) is 89.8 Å². The van der Waals surface area contributed by atoms with Crippen LogP contribution in [0, 0.1) is 6.92 Å². The highest BCUT2D eigenvalue weighted by molar-refractivity contribution is 5.58. The SMILES string of the molecule is Cc1ncc(N)c(NN)n1. The Morgan fingerprint density at radius 1 is 1.60 bits per heavy atom. The molecule has 5 N–H and O–H groups in total. The van der Waals surface area contributed by atoms with Crippen molar-refractivity contribution in [2.24, 2.45) is 5.84 Å². The number of hydrogen-bond acceptors (Lipinski definition) is 5. The van der Waals surface area contributed by atoms with E-state index in [1.807, 2.05) is 0 Å². The molecule has 0 fully saturated rings. The van der Waals surface area contributed by atoms with Crippen molar-refractivity contribution in [3.05, 3.63) is 12.0 Å². The lowest BCUT2D eigenvalue weighted by Gasteiger charge is -2.01. The molecule has 0 radical (unpaired) electrons. The summed E-state index contributed by atoms with van der Waals surface area (Å²) in [7, 11) is 0. The molecule has 0 atom stereocenters. The Kier molecular flexibility index (Phi) is 1.68. The highest BCUT2D eigenvalue weighted by Crippen LogP contribution is 2.10. The van der Waals surface area contributed by atoms with Crippen LogP contribution >= 0.6 is 0 Å². The molecule has 0 unspecified atom stereocenters. The van der Waals surface area contributed by atoms with Crippen LogP contribution < -0.4 is 17.0 Å². The summed E-state index contributed by atoms with van der Waals surface area (Å²) in [5.74, 6) is 6.21. The monoisotopic (exact) mass is 139 g/mol. The molecule has 0 amide bonds. The average Bonchev–Trinajstić information content (AvgIpc) is 1.94. The molecule has 5 nitrogen and oxygen atoms in total. The Balaban J connectivity index is 3.09. The fourth-order valence-electron chi connectivity index (χ4n) is 0.595. The van der Waals surface area contributed by atoms with Crippen molar-refractivity contribution in [3.8, 4) is 0 Å². The molecular formula is C5H9N5. The van der Waals surface area contributed by atoms with Crippen molar-refractivity contribution < 1.29 is 0 Å². The van der Waals surface area contributed by atoms with Crippen molar-refractivity contribution >= 4 is 11.5 Å². The number of hydrogen-bond donors (Lipinski definition) is 3. The first-order valence-corrected chi connectivity index (χ1v) is 2.80. The molecule has 5 heteroatoms. The van der Waals surface area contributed by atoms with Gasteiger partial charge in [0.2, 0.25) is 0 Å². The van der Waals surface area contributed by atoms with Gasteiger partial charge in [-0.1, -0.05) is 0 Å². The molecule has 0 aliphatic carbocycles. The minimum absolute atomic E-state index is 0.452. The van der Waals surface area contributed by atoms with E-state index in [0.717, 1.165) is 0 Å². The third kappa shape index (κ3) is 1.14. The molecule has 0 aliphatic heterocycles. The summed E-state index contributed by atoms with van der Waals surface area (Å²) in [6, 6.07) is 0. The van der Waals surface area contributed by atoms with Gasteiger partial charge in [-0.3, -0.25) is 0 Å². The zero-order valence-corrected chi connectivity index (χ0v) is 5.63. The zero-order valence-electron chi connectivity index (χ0n) is 5.63. The van der Waals surface area contributed by atoms with E-state index in [1.165, 1.54) is 6.20 Å². The summed E-state index contributed by atoms with van der Waals surface area (Å²) in [4.78, 5) is 7.77. The number of nitrogens with one attached hydrogen (secondary N) is 1. The number of nitrogens with zero attached hydrogens (tertiary/aromatic N) is 2. The standard InChI is InChI=1S/C5H9N5/c1-3-8-2-4(6)5(9-3)10-7/h2H,6-7H2,1H3,(H,8,9,10). The van der Waals surface area contributed by atoms with Gasteiger partial charge in [-0.2, -0.15) is 0 Å². The molecule has 1 aromatic rings. The highest BCUT2D eigenvalue weighted by atomic mass is 15.3. The number of anilines is 2. The van der Waals surface area contributed by atoms with Crippen molar-refractivity contribution in [2.75, 3.05) is 11.2 Å². The molecule has 0 spiro atoms. The van der Waals surface area contributed by atoms with E-state index in [1.54, 1.807) is 6.92 Å². The average molecular weight is 139 g/mol. The predicted molar refractivity (Wildman–Crippen MR) is 39.0 cm³/mol. The molecule has 10 heavy (non-hydrogen) atoms. The van der Waals surface area contributed by atoms with Gasteiger partial charge in [0.25, 0.3) is 0 Å². The van der Waals surface area contributed by atoms with E-state index in [-0.39, 0.29) is 0 Å². The summed E-state index contributed by atoms with van der Waals surface area (Å²) in [6.07, 6.45) is 1.51. The Labute approximate surface area is 58.4 Å². The van der Waals surface area contributed by atoms with Crippen molar-refractivity contribution in [1.29, 1.82) is 0 Å². The Morgan fingerprint density at radius 2 is 2.30 bits per heavy atom. The maximum absolute atomic E-state index is 5.43. The first-order valence-electron chi connectivity index (χ1n) is 2.80. The van der Waals surface area contributed by atoms with Gasteiger partial charge in [-0.15, -0.1) is 0 Å². The van der Waals surface area contributed by atoms with E-state index in [2.05, 4.69) is 15.4 Å².